The van der Waals surface area contributed by atoms with E-state index in [1.165, 1.54) is 24.3 Å². The first kappa shape index (κ1) is 20.8. The summed E-state index contributed by atoms with van der Waals surface area (Å²) in [6.07, 6.45) is 3.46. The molecule has 0 heterocycles. The molecule has 146 valence electrons. The summed E-state index contributed by atoms with van der Waals surface area (Å²) in [4.78, 5) is 33.0. The van der Waals surface area contributed by atoms with Crippen LogP contribution in [0.1, 0.15) is 30.9 Å². The monoisotopic (exact) mass is 384 g/mol. The SMILES string of the molecule is CCCCOC(=O)/C(=C\c1ccc([N+](=O)[O-])cc1)Cc1ccc([N+](=O)[O-])cc1. The van der Waals surface area contributed by atoms with Gasteiger partial charge in [0.1, 0.15) is 0 Å². The van der Waals surface area contributed by atoms with Crippen LogP contribution in [0.5, 0.6) is 0 Å². The first-order chi connectivity index (χ1) is 13.4. The third kappa shape index (κ3) is 6.01. The molecule has 0 saturated heterocycles. The third-order valence-corrected chi connectivity index (χ3v) is 3.98. The van der Waals surface area contributed by atoms with Gasteiger partial charge in [-0.15, -0.1) is 0 Å². The van der Waals surface area contributed by atoms with Crippen LogP contribution in [0.15, 0.2) is 54.1 Å². The lowest BCUT2D eigenvalue weighted by Gasteiger charge is -2.09. The average molecular weight is 384 g/mol. The quantitative estimate of drug-likeness (QED) is 0.207. The van der Waals surface area contributed by atoms with Gasteiger partial charge in [0.2, 0.25) is 0 Å². The highest BCUT2D eigenvalue weighted by Gasteiger charge is 2.14. The summed E-state index contributed by atoms with van der Waals surface area (Å²) in [5, 5.41) is 21.6. The first-order valence-corrected chi connectivity index (χ1v) is 8.76. The molecule has 2 rings (SSSR count). The van der Waals surface area contributed by atoms with Crippen LogP contribution >= 0.6 is 0 Å². The van der Waals surface area contributed by atoms with E-state index in [1.54, 1.807) is 30.3 Å². The van der Waals surface area contributed by atoms with Gasteiger partial charge < -0.3 is 4.74 Å². The Kier molecular flexibility index (Phi) is 7.38. The Bertz CT molecular complexity index is 873. The predicted molar refractivity (Wildman–Crippen MR) is 104 cm³/mol. The number of non-ortho nitro benzene ring substituents is 2. The highest BCUT2D eigenvalue weighted by atomic mass is 16.6. The number of unbranched alkanes of at least 4 members (excludes halogenated alkanes) is 1. The average Bonchev–Trinajstić information content (AvgIpc) is 2.68. The van der Waals surface area contributed by atoms with Crippen LogP contribution in [-0.2, 0) is 16.0 Å². The molecule has 0 aromatic heterocycles. The lowest BCUT2D eigenvalue weighted by Crippen LogP contribution is -2.11. The molecule has 0 atom stereocenters. The largest absolute Gasteiger partial charge is 0.462 e. The van der Waals surface area contributed by atoms with Crippen molar-refractivity contribution in [2.45, 2.75) is 26.2 Å². The molecule has 0 aliphatic carbocycles. The van der Waals surface area contributed by atoms with Gasteiger partial charge in [-0.25, -0.2) is 4.79 Å². The van der Waals surface area contributed by atoms with Crippen molar-refractivity contribution in [3.63, 3.8) is 0 Å². The molecule has 28 heavy (non-hydrogen) atoms. The standard InChI is InChI=1S/C20H20N2O6/c1-2-3-12-28-20(23)17(13-15-4-8-18(9-5-15)21(24)25)14-16-6-10-19(11-7-16)22(26)27/h4-11,13H,2-3,12,14H2,1H3/b17-13-. The van der Waals surface area contributed by atoms with Crippen molar-refractivity contribution < 1.29 is 19.4 Å². The van der Waals surface area contributed by atoms with E-state index in [4.69, 9.17) is 4.74 Å². The van der Waals surface area contributed by atoms with E-state index in [0.29, 0.717) is 23.3 Å². The molecule has 0 radical (unpaired) electrons. The Morgan fingerprint density at radius 1 is 0.964 bits per heavy atom. The minimum absolute atomic E-state index is 0.0322. The third-order valence-electron chi connectivity index (χ3n) is 3.98. The maximum atomic E-state index is 12.5. The number of ether oxygens (including phenoxy) is 1. The van der Waals surface area contributed by atoms with Crippen LogP contribution in [0, 0.1) is 20.2 Å². The molecule has 0 saturated carbocycles. The normalized spacial score (nSPS) is 11.1. The van der Waals surface area contributed by atoms with E-state index in [1.807, 2.05) is 6.92 Å². The number of hydrogen-bond donors (Lipinski definition) is 0. The highest BCUT2D eigenvalue weighted by molar-refractivity contribution is 5.94. The number of hydrogen-bond acceptors (Lipinski definition) is 6. The molecular formula is C20H20N2O6. The van der Waals surface area contributed by atoms with Gasteiger partial charge in [0.15, 0.2) is 0 Å². The summed E-state index contributed by atoms with van der Waals surface area (Å²) < 4.78 is 5.29. The molecule has 0 unspecified atom stereocenters. The van der Waals surface area contributed by atoms with Crippen molar-refractivity contribution in [2.75, 3.05) is 6.61 Å². The number of nitro groups is 2. The van der Waals surface area contributed by atoms with E-state index < -0.39 is 15.8 Å². The van der Waals surface area contributed by atoms with E-state index in [9.17, 15) is 25.0 Å². The fourth-order valence-electron chi connectivity index (χ4n) is 2.43. The Labute approximate surface area is 161 Å². The summed E-state index contributed by atoms with van der Waals surface area (Å²) in [6.45, 7) is 2.28. The number of nitrogens with zero attached hydrogens (tertiary/aromatic N) is 2. The smallest absolute Gasteiger partial charge is 0.334 e. The number of carbonyl (C=O) groups is 1. The minimum atomic E-state index is -0.496. The fourth-order valence-corrected chi connectivity index (χ4v) is 2.43. The second-order valence-electron chi connectivity index (χ2n) is 6.11. The molecule has 8 heteroatoms. The molecule has 0 spiro atoms. The summed E-state index contributed by atoms with van der Waals surface area (Å²) in [5.74, 6) is -0.481. The zero-order valence-corrected chi connectivity index (χ0v) is 15.4. The van der Waals surface area contributed by atoms with Crippen LogP contribution in [0.4, 0.5) is 11.4 Å². The van der Waals surface area contributed by atoms with Gasteiger partial charge in [-0.1, -0.05) is 25.5 Å². The fraction of sp³-hybridized carbons (Fsp3) is 0.250. The van der Waals surface area contributed by atoms with Crippen LogP contribution in [0.2, 0.25) is 0 Å². The molecule has 2 aromatic carbocycles. The summed E-state index contributed by atoms with van der Waals surface area (Å²) in [5.41, 5.74) is 1.62. The van der Waals surface area contributed by atoms with E-state index in [2.05, 4.69) is 0 Å². The van der Waals surface area contributed by atoms with E-state index in [-0.39, 0.29) is 17.8 Å². The lowest BCUT2D eigenvalue weighted by atomic mass is 10.0. The minimum Gasteiger partial charge on any atom is -0.462 e. The molecular weight excluding hydrogens is 364 g/mol. The number of esters is 1. The summed E-state index contributed by atoms with van der Waals surface area (Å²) >= 11 is 0. The molecule has 0 aliphatic heterocycles. The Balaban J connectivity index is 2.26. The van der Waals surface area contributed by atoms with Crippen LogP contribution in [0.25, 0.3) is 6.08 Å². The molecule has 0 bridgehead atoms. The van der Waals surface area contributed by atoms with Crippen LogP contribution in [-0.4, -0.2) is 22.4 Å². The Morgan fingerprint density at radius 2 is 1.50 bits per heavy atom. The molecule has 0 aliphatic rings. The maximum Gasteiger partial charge on any atom is 0.334 e. The number of nitro benzene ring substituents is 2. The van der Waals surface area contributed by atoms with Gasteiger partial charge in [0.25, 0.3) is 11.4 Å². The zero-order chi connectivity index (χ0) is 20.5. The highest BCUT2D eigenvalue weighted by Crippen LogP contribution is 2.19. The van der Waals surface area contributed by atoms with Gasteiger partial charge in [0, 0.05) is 36.3 Å². The van der Waals surface area contributed by atoms with Crippen LogP contribution < -0.4 is 0 Å². The number of rotatable bonds is 9. The van der Waals surface area contributed by atoms with Gasteiger partial charge in [-0.2, -0.15) is 0 Å². The molecule has 0 amide bonds. The van der Waals surface area contributed by atoms with Crippen molar-refractivity contribution in [3.05, 3.63) is 85.5 Å². The van der Waals surface area contributed by atoms with Gasteiger partial charge in [0.05, 0.1) is 16.5 Å². The van der Waals surface area contributed by atoms with E-state index in [0.717, 1.165) is 12.8 Å². The molecule has 8 nitrogen and oxygen atoms in total. The van der Waals surface area contributed by atoms with Gasteiger partial charge >= 0.3 is 5.97 Å². The van der Waals surface area contributed by atoms with Gasteiger partial charge in [-0.05, 0) is 35.8 Å². The van der Waals surface area contributed by atoms with Crippen molar-refractivity contribution in [1.82, 2.24) is 0 Å². The number of carbonyl (C=O) groups excluding carboxylic acids is 1. The van der Waals surface area contributed by atoms with Gasteiger partial charge in [-0.3, -0.25) is 20.2 Å². The van der Waals surface area contributed by atoms with Crippen molar-refractivity contribution in [3.8, 4) is 0 Å². The summed E-state index contributed by atoms with van der Waals surface area (Å²) in [7, 11) is 0. The predicted octanol–water partition coefficient (Wildman–Crippen LogP) is 4.47. The van der Waals surface area contributed by atoms with Crippen molar-refractivity contribution in [2.24, 2.45) is 0 Å². The summed E-state index contributed by atoms with van der Waals surface area (Å²) in [6, 6.07) is 11.7. The van der Waals surface area contributed by atoms with Crippen molar-refractivity contribution in [1.29, 1.82) is 0 Å². The first-order valence-electron chi connectivity index (χ1n) is 8.76. The Morgan fingerprint density at radius 3 is 2.00 bits per heavy atom. The zero-order valence-electron chi connectivity index (χ0n) is 15.4. The Hall–Kier alpha value is -3.55. The van der Waals surface area contributed by atoms with Crippen molar-refractivity contribution >= 4 is 23.4 Å². The second kappa shape index (κ2) is 9.96. The lowest BCUT2D eigenvalue weighted by molar-refractivity contribution is -0.385. The molecule has 0 N–H and O–H groups in total. The number of benzene rings is 2. The van der Waals surface area contributed by atoms with Crippen LogP contribution in [0.3, 0.4) is 0 Å². The molecule has 0 fully saturated rings. The topological polar surface area (TPSA) is 113 Å². The molecule has 2 aromatic rings. The maximum absolute atomic E-state index is 12.5. The van der Waals surface area contributed by atoms with E-state index >= 15 is 0 Å². The second-order valence-corrected chi connectivity index (χ2v) is 6.11.